The van der Waals surface area contributed by atoms with Crippen LogP contribution < -0.4 is 14.8 Å². The second kappa shape index (κ2) is 9.32. The van der Waals surface area contributed by atoms with Gasteiger partial charge in [0.2, 0.25) is 5.91 Å². The van der Waals surface area contributed by atoms with Crippen LogP contribution in [0.25, 0.3) is 22.3 Å². The highest BCUT2D eigenvalue weighted by Crippen LogP contribution is 2.30. The van der Waals surface area contributed by atoms with E-state index in [-0.39, 0.29) is 5.91 Å². The SMILES string of the molecule is COc1ccc(OC)c(NC(=O)/C=C/c2cn(-c3ccccc3)nc2-c2cccs2)c1. The first-order valence-corrected chi connectivity index (χ1v) is 10.5. The predicted octanol–water partition coefficient (Wildman–Crippen LogP) is 5.27. The average Bonchev–Trinajstić information content (AvgIpc) is 3.48. The number of amides is 1. The molecule has 6 nitrogen and oxygen atoms in total. The fourth-order valence-corrected chi connectivity index (χ4v) is 3.81. The average molecular weight is 432 g/mol. The van der Waals surface area contributed by atoms with Gasteiger partial charge in [-0.2, -0.15) is 5.10 Å². The fraction of sp³-hybridized carbons (Fsp3) is 0.0833. The van der Waals surface area contributed by atoms with Crippen LogP contribution >= 0.6 is 11.3 Å². The van der Waals surface area contributed by atoms with E-state index in [4.69, 9.17) is 14.6 Å². The maximum absolute atomic E-state index is 12.6. The van der Waals surface area contributed by atoms with Gasteiger partial charge in [0.05, 0.1) is 30.5 Å². The molecule has 2 heterocycles. The second-order valence-corrected chi connectivity index (χ2v) is 7.53. The summed E-state index contributed by atoms with van der Waals surface area (Å²) in [7, 11) is 3.13. The maximum atomic E-state index is 12.6. The minimum atomic E-state index is -0.281. The highest BCUT2D eigenvalue weighted by atomic mass is 32.1. The van der Waals surface area contributed by atoms with Gasteiger partial charge in [0.15, 0.2) is 0 Å². The first kappa shape index (κ1) is 20.4. The molecule has 1 amide bonds. The number of nitrogens with one attached hydrogen (secondary N) is 1. The summed E-state index contributed by atoms with van der Waals surface area (Å²) in [6, 6.07) is 19.1. The summed E-state index contributed by atoms with van der Waals surface area (Å²) in [6.07, 6.45) is 5.17. The number of carbonyl (C=O) groups is 1. The van der Waals surface area contributed by atoms with Crippen molar-refractivity contribution in [3.63, 3.8) is 0 Å². The number of carbonyl (C=O) groups excluding carboxylic acids is 1. The number of hydrogen-bond donors (Lipinski definition) is 1. The summed E-state index contributed by atoms with van der Waals surface area (Å²) >= 11 is 1.60. The molecule has 4 rings (SSSR count). The molecular formula is C24H21N3O3S. The number of aromatic nitrogens is 2. The van der Waals surface area contributed by atoms with E-state index in [1.807, 2.05) is 58.7 Å². The van der Waals surface area contributed by atoms with Crippen molar-refractivity contribution in [1.29, 1.82) is 0 Å². The van der Waals surface area contributed by atoms with Gasteiger partial charge in [-0.15, -0.1) is 11.3 Å². The summed E-state index contributed by atoms with van der Waals surface area (Å²) in [5, 5.41) is 9.59. The van der Waals surface area contributed by atoms with Crippen LogP contribution in [0.3, 0.4) is 0 Å². The number of rotatable bonds is 7. The summed E-state index contributed by atoms with van der Waals surface area (Å²) in [4.78, 5) is 13.6. The lowest BCUT2D eigenvalue weighted by molar-refractivity contribution is -0.111. The Hall–Kier alpha value is -3.84. The van der Waals surface area contributed by atoms with Crippen molar-refractivity contribution in [1.82, 2.24) is 9.78 Å². The third-order valence-electron chi connectivity index (χ3n) is 4.60. The van der Waals surface area contributed by atoms with Gasteiger partial charge in [-0.05, 0) is 41.8 Å². The molecule has 0 fully saturated rings. The smallest absolute Gasteiger partial charge is 0.248 e. The molecule has 7 heteroatoms. The quantitative estimate of drug-likeness (QED) is 0.405. The van der Waals surface area contributed by atoms with Crippen molar-refractivity contribution in [2.24, 2.45) is 0 Å². The van der Waals surface area contributed by atoms with Crippen LogP contribution in [-0.2, 0) is 4.79 Å². The van der Waals surface area contributed by atoms with Crippen molar-refractivity contribution in [2.75, 3.05) is 19.5 Å². The first-order valence-electron chi connectivity index (χ1n) is 9.58. The van der Waals surface area contributed by atoms with Gasteiger partial charge in [0.1, 0.15) is 17.2 Å². The van der Waals surface area contributed by atoms with Gasteiger partial charge in [0, 0.05) is 23.9 Å². The molecule has 4 aromatic rings. The van der Waals surface area contributed by atoms with Crippen LogP contribution in [0.1, 0.15) is 5.56 Å². The van der Waals surface area contributed by atoms with Gasteiger partial charge in [0.25, 0.3) is 0 Å². The standard InChI is InChI=1S/C24H21N3O3S/c1-29-19-11-12-21(30-2)20(15-19)25-23(28)13-10-17-16-27(18-7-4-3-5-8-18)26-24(17)22-9-6-14-31-22/h3-16H,1-2H3,(H,25,28)/b13-10+. The number of para-hydroxylation sites is 1. The molecule has 0 aliphatic heterocycles. The van der Waals surface area contributed by atoms with E-state index in [0.29, 0.717) is 17.2 Å². The molecule has 156 valence electrons. The van der Waals surface area contributed by atoms with Crippen molar-refractivity contribution >= 4 is 29.0 Å². The normalized spacial score (nSPS) is 10.9. The van der Waals surface area contributed by atoms with E-state index in [1.165, 1.54) is 6.08 Å². The van der Waals surface area contributed by atoms with E-state index in [9.17, 15) is 4.79 Å². The van der Waals surface area contributed by atoms with Crippen LogP contribution in [0.2, 0.25) is 0 Å². The van der Waals surface area contributed by atoms with Crippen molar-refractivity contribution < 1.29 is 14.3 Å². The lowest BCUT2D eigenvalue weighted by Crippen LogP contribution is -2.09. The number of methoxy groups -OCH3 is 2. The Morgan fingerprint density at radius 3 is 2.61 bits per heavy atom. The topological polar surface area (TPSA) is 65.4 Å². The minimum Gasteiger partial charge on any atom is -0.497 e. The number of anilines is 1. The van der Waals surface area contributed by atoms with Gasteiger partial charge < -0.3 is 14.8 Å². The van der Waals surface area contributed by atoms with Crippen LogP contribution in [0.5, 0.6) is 11.5 Å². The summed E-state index contributed by atoms with van der Waals surface area (Å²) in [5.74, 6) is 0.902. The highest BCUT2D eigenvalue weighted by molar-refractivity contribution is 7.13. The molecule has 0 bridgehead atoms. The van der Waals surface area contributed by atoms with Crippen molar-refractivity contribution in [3.05, 3.63) is 83.9 Å². The Morgan fingerprint density at radius 2 is 1.90 bits per heavy atom. The third kappa shape index (κ3) is 4.67. The molecule has 1 N–H and O–H groups in total. The number of thiophene rings is 1. The lowest BCUT2D eigenvalue weighted by atomic mass is 10.2. The zero-order valence-electron chi connectivity index (χ0n) is 17.1. The third-order valence-corrected chi connectivity index (χ3v) is 5.47. The molecule has 0 unspecified atom stereocenters. The largest absolute Gasteiger partial charge is 0.497 e. The Balaban J connectivity index is 1.61. The minimum absolute atomic E-state index is 0.281. The summed E-state index contributed by atoms with van der Waals surface area (Å²) in [6.45, 7) is 0. The molecule has 0 atom stereocenters. The molecule has 2 aromatic heterocycles. The maximum Gasteiger partial charge on any atom is 0.248 e. The van der Waals surface area contributed by atoms with Gasteiger partial charge >= 0.3 is 0 Å². The van der Waals surface area contributed by atoms with Crippen LogP contribution in [0.4, 0.5) is 5.69 Å². The molecule has 31 heavy (non-hydrogen) atoms. The number of benzene rings is 2. The zero-order chi connectivity index (χ0) is 21.6. The summed E-state index contributed by atoms with van der Waals surface area (Å²) < 4.78 is 12.4. The fourth-order valence-electron chi connectivity index (χ4n) is 3.08. The molecule has 2 aromatic carbocycles. The summed E-state index contributed by atoms with van der Waals surface area (Å²) in [5.41, 5.74) is 3.15. The lowest BCUT2D eigenvalue weighted by Gasteiger charge is -2.10. The van der Waals surface area contributed by atoms with E-state index >= 15 is 0 Å². The molecule has 0 aliphatic carbocycles. The van der Waals surface area contributed by atoms with Crippen LogP contribution in [0.15, 0.2) is 78.3 Å². The van der Waals surface area contributed by atoms with Gasteiger partial charge in [-0.25, -0.2) is 4.68 Å². The zero-order valence-corrected chi connectivity index (χ0v) is 17.9. The Labute approximate surface area is 184 Å². The molecular weight excluding hydrogens is 410 g/mol. The Kier molecular flexibility index (Phi) is 6.14. The Bertz CT molecular complexity index is 1200. The molecule has 0 radical (unpaired) electrons. The predicted molar refractivity (Wildman–Crippen MR) is 124 cm³/mol. The monoisotopic (exact) mass is 431 g/mol. The molecule has 0 saturated heterocycles. The molecule has 0 saturated carbocycles. The number of nitrogens with zero attached hydrogens (tertiary/aromatic N) is 2. The van der Waals surface area contributed by atoms with E-state index < -0.39 is 0 Å². The highest BCUT2D eigenvalue weighted by Gasteiger charge is 2.12. The van der Waals surface area contributed by atoms with E-state index in [2.05, 4.69) is 5.32 Å². The van der Waals surface area contributed by atoms with E-state index in [1.54, 1.807) is 49.8 Å². The first-order chi connectivity index (χ1) is 15.2. The van der Waals surface area contributed by atoms with Crippen LogP contribution in [-0.4, -0.2) is 29.9 Å². The molecule has 0 spiro atoms. The Morgan fingerprint density at radius 1 is 1.06 bits per heavy atom. The van der Waals surface area contributed by atoms with Crippen LogP contribution in [0, 0.1) is 0 Å². The molecule has 0 aliphatic rings. The second-order valence-electron chi connectivity index (χ2n) is 6.58. The van der Waals surface area contributed by atoms with Crippen molar-refractivity contribution in [2.45, 2.75) is 0 Å². The van der Waals surface area contributed by atoms with Crippen molar-refractivity contribution in [3.8, 4) is 27.8 Å². The number of hydrogen-bond acceptors (Lipinski definition) is 5. The van der Waals surface area contributed by atoms with Gasteiger partial charge in [-0.3, -0.25) is 4.79 Å². The number of ether oxygens (including phenoxy) is 2. The van der Waals surface area contributed by atoms with E-state index in [0.717, 1.165) is 21.8 Å². The van der Waals surface area contributed by atoms with Gasteiger partial charge in [-0.1, -0.05) is 24.3 Å².